The molecule has 3 aromatic carbocycles. The first-order valence-corrected chi connectivity index (χ1v) is 15.1. The molecule has 0 unspecified atom stereocenters. The Hall–Kier alpha value is -4.43. The zero-order valence-corrected chi connectivity index (χ0v) is 25.7. The molecule has 1 aliphatic rings. The van der Waals surface area contributed by atoms with E-state index in [1.165, 1.54) is 4.88 Å². The van der Waals surface area contributed by atoms with E-state index in [-0.39, 0.29) is 23.5 Å². The summed E-state index contributed by atoms with van der Waals surface area (Å²) < 4.78 is 11.5. The largest absolute Gasteiger partial charge is 0.493 e. The lowest BCUT2D eigenvalue weighted by molar-refractivity contribution is 0.0696. The molecule has 222 valence electrons. The number of fused-ring (bicyclic) bond motifs is 1. The van der Waals surface area contributed by atoms with E-state index in [2.05, 4.69) is 26.1 Å². The maximum Gasteiger partial charge on any atom is 0.335 e. The standard InChI is InChI=1S/C35H36N2O5S/c1-35(2,3)25-14-15-27-30(19-25)43-33(31(27)32(38)37-26-11-6-5-7-12-26)36-20-22-13-16-28(29(18-22)41-4)42-21-23-9-8-10-24(17-23)34(39)40/h5-13,16-18,20,25H,14-15,19,21H2,1-4H3,(H,37,38)(H,39,40)/t25-/m1/s1. The number of benzene rings is 3. The van der Waals surface area contributed by atoms with Crippen LogP contribution < -0.4 is 14.8 Å². The van der Waals surface area contributed by atoms with E-state index in [0.29, 0.717) is 28.0 Å². The van der Waals surface area contributed by atoms with Crippen molar-refractivity contribution in [2.45, 2.75) is 46.6 Å². The summed E-state index contributed by atoms with van der Waals surface area (Å²) in [5.41, 5.74) is 4.45. The molecule has 43 heavy (non-hydrogen) atoms. The molecule has 0 saturated heterocycles. The van der Waals surface area contributed by atoms with Gasteiger partial charge in [0.15, 0.2) is 11.5 Å². The van der Waals surface area contributed by atoms with Crippen molar-refractivity contribution in [3.05, 3.63) is 105 Å². The second kappa shape index (κ2) is 12.8. The Morgan fingerprint density at radius 2 is 1.84 bits per heavy atom. The van der Waals surface area contributed by atoms with E-state index < -0.39 is 5.97 Å². The maximum atomic E-state index is 13.6. The number of thiophene rings is 1. The molecule has 7 nitrogen and oxygen atoms in total. The first-order valence-electron chi connectivity index (χ1n) is 14.3. The van der Waals surface area contributed by atoms with Crippen LogP contribution in [0.1, 0.15) is 69.5 Å². The summed E-state index contributed by atoms with van der Waals surface area (Å²) in [6.45, 7) is 7.05. The average Bonchev–Trinajstić information content (AvgIpc) is 3.37. The number of methoxy groups -OCH3 is 1. The number of carboxylic acids is 1. The van der Waals surface area contributed by atoms with Crippen molar-refractivity contribution in [2.75, 3.05) is 12.4 Å². The van der Waals surface area contributed by atoms with Crippen LogP contribution in [0.5, 0.6) is 11.5 Å². The summed E-state index contributed by atoms with van der Waals surface area (Å²) in [5.74, 6) is 0.480. The van der Waals surface area contributed by atoms with Crippen LogP contribution in [0.15, 0.2) is 77.8 Å². The zero-order valence-electron chi connectivity index (χ0n) is 24.8. The van der Waals surface area contributed by atoms with Crippen LogP contribution in [-0.2, 0) is 19.4 Å². The van der Waals surface area contributed by atoms with E-state index in [1.54, 1.807) is 48.9 Å². The molecule has 0 aliphatic heterocycles. The number of ether oxygens (including phenoxy) is 2. The average molecular weight is 597 g/mol. The van der Waals surface area contributed by atoms with Gasteiger partial charge in [0, 0.05) is 16.8 Å². The Labute approximate surface area is 256 Å². The Bertz CT molecular complexity index is 1650. The molecule has 0 spiro atoms. The number of carbonyl (C=O) groups is 2. The van der Waals surface area contributed by atoms with Crippen molar-refractivity contribution in [1.29, 1.82) is 0 Å². The number of rotatable bonds is 9. The zero-order chi connectivity index (χ0) is 30.6. The number of nitrogens with one attached hydrogen (secondary N) is 1. The number of aromatic carboxylic acids is 1. The summed E-state index contributed by atoms with van der Waals surface area (Å²) in [7, 11) is 1.57. The molecule has 1 atom stereocenters. The summed E-state index contributed by atoms with van der Waals surface area (Å²) in [6, 6.07) is 21.6. The first-order chi connectivity index (χ1) is 20.6. The minimum absolute atomic E-state index is 0.140. The van der Waals surface area contributed by atoms with E-state index in [1.807, 2.05) is 48.5 Å². The molecule has 0 fully saturated rings. The monoisotopic (exact) mass is 596 g/mol. The number of hydrogen-bond donors (Lipinski definition) is 2. The van der Waals surface area contributed by atoms with Gasteiger partial charge in [0.1, 0.15) is 11.6 Å². The van der Waals surface area contributed by atoms with Gasteiger partial charge in [0.2, 0.25) is 0 Å². The molecule has 1 heterocycles. The molecular weight excluding hydrogens is 560 g/mol. The molecule has 0 bridgehead atoms. The Kier molecular flexibility index (Phi) is 8.97. The molecule has 4 aromatic rings. The fraction of sp³-hybridized carbons (Fsp3) is 0.286. The predicted molar refractivity (Wildman–Crippen MR) is 172 cm³/mol. The van der Waals surface area contributed by atoms with Crippen molar-refractivity contribution in [3.63, 3.8) is 0 Å². The van der Waals surface area contributed by atoms with Crippen LogP contribution >= 0.6 is 11.3 Å². The molecular formula is C35H36N2O5S. The quantitative estimate of drug-likeness (QED) is 0.190. The lowest BCUT2D eigenvalue weighted by Gasteiger charge is -2.33. The molecule has 1 aliphatic carbocycles. The van der Waals surface area contributed by atoms with Gasteiger partial charge in [0.05, 0.1) is 18.2 Å². The first kappa shape index (κ1) is 30.0. The van der Waals surface area contributed by atoms with E-state index >= 15 is 0 Å². The van der Waals surface area contributed by atoms with Gasteiger partial charge in [-0.25, -0.2) is 9.79 Å². The fourth-order valence-electron chi connectivity index (χ4n) is 5.32. The molecule has 1 aromatic heterocycles. The van der Waals surface area contributed by atoms with Crippen molar-refractivity contribution >= 4 is 40.1 Å². The molecule has 1 amide bonds. The molecule has 0 radical (unpaired) electrons. The highest BCUT2D eigenvalue weighted by Gasteiger charge is 2.33. The smallest absolute Gasteiger partial charge is 0.335 e. The number of hydrogen-bond acceptors (Lipinski definition) is 6. The summed E-state index contributed by atoms with van der Waals surface area (Å²) in [5, 5.41) is 13.0. The molecule has 8 heteroatoms. The fourth-order valence-corrected chi connectivity index (χ4v) is 6.59. The van der Waals surface area contributed by atoms with E-state index in [0.717, 1.165) is 41.6 Å². The van der Waals surface area contributed by atoms with Gasteiger partial charge >= 0.3 is 5.97 Å². The number of anilines is 1. The third kappa shape index (κ3) is 7.14. The number of carbonyl (C=O) groups excluding carboxylic acids is 1. The Balaban J connectivity index is 1.39. The highest BCUT2D eigenvalue weighted by Crippen LogP contribution is 2.45. The van der Waals surface area contributed by atoms with E-state index in [9.17, 15) is 14.7 Å². The summed E-state index contributed by atoms with van der Waals surface area (Å²) >= 11 is 1.61. The van der Waals surface area contributed by atoms with Gasteiger partial charge in [0.25, 0.3) is 5.91 Å². The topological polar surface area (TPSA) is 97.2 Å². The minimum atomic E-state index is -0.982. The van der Waals surface area contributed by atoms with Crippen LogP contribution in [0.25, 0.3) is 0 Å². The van der Waals surface area contributed by atoms with Crippen molar-refractivity contribution in [3.8, 4) is 11.5 Å². The van der Waals surface area contributed by atoms with Gasteiger partial charge in [-0.15, -0.1) is 11.3 Å². The number of para-hydroxylation sites is 1. The molecule has 0 saturated carbocycles. The van der Waals surface area contributed by atoms with Crippen LogP contribution in [-0.4, -0.2) is 30.3 Å². The maximum absolute atomic E-state index is 13.6. The van der Waals surface area contributed by atoms with Gasteiger partial charge in [-0.2, -0.15) is 0 Å². The molecule has 2 N–H and O–H groups in total. The SMILES string of the molecule is COc1cc(C=Nc2sc3c(c2C(=O)Nc2ccccc2)CC[C@@H](C(C)(C)C)C3)ccc1OCc1cccc(C(=O)O)c1. The normalized spacial score (nSPS) is 14.7. The van der Waals surface area contributed by atoms with Crippen LogP contribution in [0.2, 0.25) is 0 Å². The van der Waals surface area contributed by atoms with E-state index in [4.69, 9.17) is 14.5 Å². The number of nitrogens with zero attached hydrogens (tertiary/aromatic N) is 1. The molecule has 5 rings (SSSR count). The van der Waals surface area contributed by atoms with Crippen molar-refractivity contribution in [1.82, 2.24) is 0 Å². The third-order valence-corrected chi connectivity index (χ3v) is 8.98. The van der Waals surface area contributed by atoms with Gasteiger partial charge in [-0.1, -0.05) is 51.1 Å². The second-order valence-corrected chi connectivity index (χ2v) is 12.9. The number of amides is 1. The number of aliphatic imine (C=N–C) groups is 1. The van der Waals surface area contributed by atoms with Crippen LogP contribution in [0, 0.1) is 11.3 Å². The second-order valence-electron chi connectivity index (χ2n) is 11.8. The predicted octanol–water partition coefficient (Wildman–Crippen LogP) is 8.19. The highest BCUT2D eigenvalue weighted by atomic mass is 32.1. The lowest BCUT2D eigenvalue weighted by atomic mass is 9.72. The van der Waals surface area contributed by atoms with Crippen LogP contribution in [0.4, 0.5) is 10.7 Å². The summed E-state index contributed by atoms with van der Waals surface area (Å²) in [6.07, 6.45) is 4.59. The van der Waals surface area contributed by atoms with Gasteiger partial charge in [-0.3, -0.25) is 4.79 Å². The lowest BCUT2D eigenvalue weighted by Crippen LogP contribution is -2.27. The Morgan fingerprint density at radius 1 is 1.05 bits per heavy atom. The highest BCUT2D eigenvalue weighted by molar-refractivity contribution is 7.16. The summed E-state index contributed by atoms with van der Waals surface area (Å²) in [4.78, 5) is 31.0. The van der Waals surface area contributed by atoms with Crippen molar-refractivity contribution < 1.29 is 24.2 Å². The third-order valence-electron chi connectivity index (χ3n) is 7.82. The van der Waals surface area contributed by atoms with Gasteiger partial charge < -0.3 is 19.9 Å². The van der Waals surface area contributed by atoms with Crippen LogP contribution in [0.3, 0.4) is 0 Å². The van der Waals surface area contributed by atoms with Crippen molar-refractivity contribution in [2.24, 2.45) is 16.3 Å². The number of carboxylic acid groups (broad SMARTS) is 1. The van der Waals surface area contributed by atoms with Gasteiger partial charge in [-0.05, 0) is 89.8 Å². The minimum Gasteiger partial charge on any atom is -0.493 e. The Morgan fingerprint density at radius 3 is 2.56 bits per heavy atom.